The quantitative estimate of drug-likeness (QED) is 0.624. The Balaban J connectivity index is 0. The summed E-state index contributed by atoms with van der Waals surface area (Å²) in [6.07, 6.45) is 2.04. The average molecular weight is 148 g/mol. The third-order valence-corrected chi connectivity index (χ3v) is 0.512. The first-order chi connectivity index (χ1) is 4.41. The first-order valence-electron chi connectivity index (χ1n) is 3.75. The van der Waals surface area contributed by atoms with E-state index < -0.39 is 5.60 Å². The summed E-state index contributed by atoms with van der Waals surface area (Å²) in [6, 6.07) is 0. The Bertz CT molecular complexity index is 46.8. The van der Waals surface area contributed by atoms with E-state index in [2.05, 4.69) is 6.92 Å². The molecule has 0 spiro atoms. The minimum absolute atomic E-state index is 0.344. The monoisotopic (exact) mass is 148 g/mol. The summed E-state index contributed by atoms with van der Waals surface area (Å²) < 4.78 is 0. The smallest absolute Gasteiger partial charge is 0.0563 e. The van der Waals surface area contributed by atoms with Gasteiger partial charge in [0, 0.05) is 6.61 Å². The van der Waals surface area contributed by atoms with E-state index in [0.717, 1.165) is 12.8 Å². The zero-order valence-corrected chi connectivity index (χ0v) is 7.52. The fourth-order valence-electron chi connectivity index (χ4n) is 0.158. The molecule has 0 fully saturated rings. The lowest BCUT2D eigenvalue weighted by atomic mass is 10.2. The zero-order valence-electron chi connectivity index (χ0n) is 7.52. The van der Waals surface area contributed by atoms with Crippen molar-refractivity contribution in [1.29, 1.82) is 0 Å². The van der Waals surface area contributed by atoms with Gasteiger partial charge in [0.15, 0.2) is 0 Å². The van der Waals surface area contributed by atoms with E-state index in [9.17, 15) is 0 Å². The molecule has 2 N–H and O–H groups in total. The van der Waals surface area contributed by atoms with Gasteiger partial charge in [-0.1, -0.05) is 13.3 Å². The first-order valence-corrected chi connectivity index (χ1v) is 3.75. The molecule has 0 aromatic heterocycles. The van der Waals surface area contributed by atoms with Gasteiger partial charge in [0.2, 0.25) is 0 Å². The molecule has 0 amide bonds. The molecule has 2 nitrogen and oxygen atoms in total. The van der Waals surface area contributed by atoms with E-state index >= 15 is 0 Å². The number of unbranched alkanes of at least 4 members (excludes halogenated alkanes) is 1. The molecule has 2 heteroatoms. The Labute approximate surface area is 63.9 Å². The number of hydrogen-bond acceptors (Lipinski definition) is 2. The van der Waals surface area contributed by atoms with Crippen molar-refractivity contribution in [1.82, 2.24) is 0 Å². The lowest BCUT2D eigenvalue weighted by Crippen LogP contribution is -2.10. The van der Waals surface area contributed by atoms with Crippen LogP contribution < -0.4 is 0 Å². The lowest BCUT2D eigenvalue weighted by Gasteiger charge is -2.04. The van der Waals surface area contributed by atoms with Crippen molar-refractivity contribution in [3.8, 4) is 0 Å². The van der Waals surface area contributed by atoms with Crippen LogP contribution in [0.3, 0.4) is 0 Å². The Hall–Kier alpha value is -0.0800. The topological polar surface area (TPSA) is 40.5 Å². The first kappa shape index (κ1) is 12.6. The van der Waals surface area contributed by atoms with Crippen LogP contribution in [0.1, 0.15) is 40.5 Å². The zero-order chi connectivity index (χ0) is 8.62. The van der Waals surface area contributed by atoms with Crippen molar-refractivity contribution in [3.63, 3.8) is 0 Å². The van der Waals surface area contributed by atoms with Crippen molar-refractivity contribution in [2.24, 2.45) is 0 Å². The van der Waals surface area contributed by atoms with E-state index in [1.165, 1.54) is 0 Å². The third-order valence-electron chi connectivity index (χ3n) is 0.512. The van der Waals surface area contributed by atoms with Crippen LogP contribution in [0, 0.1) is 0 Å². The average Bonchev–Trinajstić information content (AvgIpc) is 1.63. The Morgan fingerprint density at radius 3 is 1.50 bits per heavy atom. The van der Waals surface area contributed by atoms with Crippen LogP contribution in [0.2, 0.25) is 0 Å². The predicted molar refractivity (Wildman–Crippen MR) is 44.0 cm³/mol. The summed E-state index contributed by atoms with van der Waals surface area (Å²) in [7, 11) is 0. The van der Waals surface area contributed by atoms with Crippen LogP contribution in [0.4, 0.5) is 0 Å². The van der Waals surface area contributed by atoms with E-state index in [0.29, 0.717) is 6.61 Å². The standard InChI is InChI=1S/2C4H10O/c1-4(2,3)5;1-2-3-4-5/h5H,1-3H3;5H,2-4H2,1H3. The molecule has 0 atom stereocenters. The minimum atomic E-state index is -0.500. The summed E-state index contributed by atoms with van der Waals surface area (Å²) in [5.41, 5.74) is -0.500. The van der Waals surface area contributed by atoms with Crippen LogP contribution in [0.5, 0.6) is 0 Å². The molecule has 0 saturated carbocycles. The molecule has 0 aliphatic heterocycles. The van der Waals surface area contributed by atoms with Crippen molar-refractivity contribution < 1.29 is 10.2 Å². The maximum absolute atomic E-state index is 8.52. The van der Waals surface area contributed by atoms with E-state index in [4.69, 9.17) is 10.2 Å². The molecule has 0 radical (unpaired) electrons. The van der Waals surface area contributed by atoms with Crippen LogP contribution in [0.25, 0.3) is 0 Å². The molecule has 0 aromatic rings. The number of aliphatic hydroxyl groups is 2. The fraction of sp³-hybridized carbons (Fsp3) is 1.00. The SMILES string of the molecule is CC(C)(C)O.CCCCO. The summed E-state index contributed by atoms with van der Waals surface area (Å²) in [5.74, 6) is 0. The highest BCUT2D eigenvalue weighted by molar-refractivity contribution is 4.50. The number of aliphatic hydroxyl groups excluding tert-OH is 1. The van der Waals surface area contributed by atoms with Gasteiger partial charge in [-0.15, -0.1) is 0 Å². The molecule has 0 bridgehead atoms. The summed E-state index contributed by atoms with van der Waals surface area (Å²) in [5, 5.41) is 16.6. The highest BCUT2D eigenvalue weighted by Gasteiger charge is 1.97. The molecule has 0 aliphatic rings. The molecule has 0 heterocycles. The van der Waals surface area contributed by atoms with Crippen LogP contribution in [-0.2, 0) is 0 Å². The van der Waals surface area contributed by atoms with Crippen molar-refractivity contribution in [3.05, 3.63) is 0 Å². The molecule has 0 saturated heterocycles. The van der Waals surface area contributed by atoms with Crippen molar-refractivity contribution >= 4 is 0 Å². The third kappa shape index (κ3) is 103. The van der Waals surface area contributed by atoms with Crippen molar-refractivity contribution in [2.45, 2.75) is 46.1 Å². The molecule has 0 aromatic carbocycles. The second-order valence-corrected chi connectivity index (χ2v) is 3.25. The number of hydrogen-bond donors (Lipinski definition) is 2. The van der Waals surface area contributed by atoms with Gasteiger partial charge in [0.05, 0.1) is 5.60 Å². The van der Waals surface area contributed by atoms with Gasteiger partial charge in [-0.05, 0) is 27.2 Å². The molecule has 0 rings (SSSR count). The fourth-order valence-corrected chi connectivity index (χ4v) is 0.158. The second kappa shape index (κ2) is 7.03. The molecular formula is C8H20O2. The van der Waals surface area contributed by atoms with Gasteiger partial charge in [0.1, 0.15) is 0 Å². The Morgan fingerprint density at radius 2 is 1.50 bits per heavy atom. The van der Waals surface area contributed by atoms with E-state index in [-0.39, 0.29) is 0 Å². The lowest BCUT2D eigenvalue weighted by molar-refractivity contribution is 0.102. The maximum Gasteiger partial charge on any atom is 0.0563 e. The molecular weight excluding hydrogens is 128 g/mol. The van der Waals surface area contributed by atoms with Gasteiger partial charge in [-0.25, -0.2) is 0 Å². The molecule has 0 unspecified atom stereocenters. The second-order valence-electron chi connectivity index (χ2n) is 3.25. The molecule has 0 aliphatic carbocycles. The van der Waals surface area contributed by atoms with E-state index in [1.54, 1.807) is 20.8 Å². The van der Waals surface area contributed by atoms with Gasteiger partial charge in [0.25, 0.3) is 0 Å². The summed E-state index contributed by atoms with van der Waals surface area (Å²) >= 11 is 0. The molecule has 64 valence electrons. The summed E-state index contributed by atoms with van der Waals surface area (Å²) in [6.45, 7) is 7.62. The molecule has 10 heavy (non-hydrogen) atoms. The Morgan fingerprint density at radius 1 is 1.20 bits per heavy atom. The highest BCUT2D eigenvalue weighted by Crippen LogP contribution is 1.93. The predicted octanol–water partition coefficient (Wildman–Crippen LogP) is 1.56. The maximum atomic E-state index is 8.52. The highest BCUT2D eigenvalue weighted by atomic mass is 16.3. The van der Waals surface area contributed by atoms with Gasteiger partial charge in [-0.2, -0.15) is 0 Å². The number of rotatable bonds is 2. The largest absolute Gasteiger partial charge is 0.396 e. The van der Waals surface area contributed by atoms with Crippen LogP contribution in [0.15, 0.2) is 0 Å². The van der Waals surface area contributed by atoms with Gasteiger partial charge in [-0.3, -0.25) is 0 Å². The summed E-state index contributed by atoms with van der Waals surface area (Å²) in [4.78, 5) is 0. The van der Waals surface area contributed by atoms with Gasteiger partial charge < -0.3 is 10.2 Å². The minimum Gasteiger partial charge on any atom is -0.396 e. The van der Waals surface area contributed by atoms with Gasteiger partial charge >= 0.3 is 0 Å². The van der Waals surface area contributed by atoms with Crippen LogP contribution >= 0.6 is 0 Å². The van der Waals surface area contributed by atoms with Crippen molar-refractivity contribution in [2.75, 3.05) is 6.61 Å². The van der Waals surface area contributed by atoms with Crippen LogP contribution in [-0.4, -0.2) is 22.4 Å². The van der Waals surface area contributed by atoms with E-state index in [1.807, 2.05) is 0 Å². The normalized spacial score (nSPS) is 10.2. The Kier molecular flexibility index (Phi) is 8.85.